The first-order valence-corrected chi connectivity index (χ1v) is 0. The predicted molar refractivity (Wildman–Crippen MR) is 35.4 cm³/mol. The first-order valence-electron chi connectivity index (χ1n) is 0. The van der Waals surface area contributed by atoms with Gasteiger partial charge in [0.15, 0.2) is 0 Å². The minimum atomic E-state index is 0. The zero-order valence-corrected chi connectivity index (χ0v) is 14.3. The fourth-order valence-electron chi connectivity index (χ4n) is 0. The van der Waals surface area contributed by atoms with Crippen LogP contribution in [-0.2, 0) is 17.1 Å². The molecule has 5 heteroatoms. The molecular formula is H8CuSSeSnSr. The summed E-state index contributed by atoms with van der Waals surface area (Å²) in [5.41, 5.74) is 0. The predicted octanol–water partition coefficient (Wildman–Crippen LogP) is -1.88. The zero-order valence-electron chi connectivity index (χ0n) is 4.72. The molecular weight excluding hydrogens is 381 g/mol. The molecule has 0 aromatic rings. The molecule has 0 aromatic heterocycles. The molecule has 0 aliphatic heterocycles. The van der Waals surface area contributed by atoms with Crippen molar-refractivity contribution in [2.24, 2.45) is 0 Å². The van der Waals surface area contributed by atoms with E-state index in [-0.39, 0.29) is 120 Å². The van der Waals surface area contributed by atoms with Gasteiger partial charge >= 0.3 is 86.5 Å². The fourth-order valence-corrected chi connectivity index (χ4v) is 0. The smallest absolute Gasteiger partial charge is 2.00 e. The minimum absolute atomic E-state index is 0. The molecule has 0 atom stereocenters. The van der Waals surface area contributed by atoms with Crippen molar-refractivity contribution < 1.29 is 19.9 Å². The average molecular weight is 389 g/mol. The van der Waals surface area contributed by atoms with Gasteiger partial charge in [-0.15, -0.1) is 0 Å². The molecule has 0 aliphatic rings. The van der Waals surface area contributed by atoms with Gasteiger partial charge in [-0.2, -0.15) is 13.5 Å². The fraction of sp³-hybridized carbons (Fsp3) is 0. The van der Waals surface area contributed by atoms with E-state index in [9.17, 15) is 0 Å². The summed E-state index contributed by atoms with van der Waals surface area (Å²) in [4.78, 5) is 0. The Bertz CT molecular complexity index is 17.7. The van der Waals surface area contributed by atoms with Crippen molar-refractivity contribution in [1.82, 2.24) is 0 Å². The van der Waals surface area contributed by atoms with E-state index in [1.165, 1.54) is 0 Å². The molecule has 0 amide bonds. The summed E-state index contributed by atoms with van der Waals surface area (Å²) in [5.74, 6) is 0. The van der Waals surface area contributed by atoms with Gasteiger partial charge < -0.3 is 2.85 Å². The maximum Gasteiger partial charge on any atom is 2.00 e. The Morgan fingerprint density at radius 3 is 1.20 bits per heavy atom. The van der Waals surface area contributed by atoms with Crippen molar-refractivity contribution in [3.05, 3.63) is 0 Å². The topological polar surface area (TPSA) is 0 Å². The van der Waals surface area contributed by atoms with Gasteiger partial charge in [-0.25, -0.2) is 0 Å². The van der Waals surface area contributed by atoms with Gasteiger partial charge in [-0.05, 0) is 0 Å². The van der Waals surface area contributed by atoms with E-state index in [1.807, 2.05) is 0 Å². The largest absolute Gasteiger partial charge is 2.00 e. The van der Waals surface area contributed by atoms with Gasteiger partial charge in [-0.1, -0.05) is 0 Å². The third-order valence-electron chi connectivity index (χ3n) is 0. The Kier molecular flexibility index (Phi) is 192. The summed E-state index contributed by atoms with van der Waals surface area (Å²) < 4.78 is 0. The van der Waals surface area contributed by atoms with Crippen LogP contribution >= 0.6 is 13.5 Å². The summed E-state index contributed by atoms with van der Waals surface area (Å²) in [6.45, 7) is 0. The normalized spacial score (nSPS) is 0. The Hall–Kier alpha value is 3.67. The van der Waals surface area contributed by atoms with Crippen LogP contribution in [0.5, 0.6) is 0 Å². The van der Waals surface area contributed by atoms with E-state index >= 15 is 0 Å². The van der Waals surface area contributed by atoms with Crippen molar-refractivity contribution in [2.75, 3.05) is 0 Å². The van der Waals surface area contributed by atoms with Gasteiger partial charge in [-0.3, -0.25) is 0 Å². The summed E-state index contributed by atoms with van der Waals surface area (Å²) in [6, 6.07) is 0. The summed E-state index contributed by atoms with van der Waals surface area (Å²) >= 11 is 0. The molecule has 0 nitrogen and oxygen atoms in total. The summed E-state index contributed by atoms with van der Waals surface area (Å²) in [7, 11) is 0. The van der Waals surface area contributed by atoms with E-state index in [1.54, 1.807) is 0 Å². The van der Waals surface area contributed by atoms with Crippen molar-refractivity contribution in [3.63, 3.8) is 0 Å². The molecule has 3 radical (unpaired) electrons. The SMILES string of the molecule is S.[Cu].[H-].[H-].[SeH2].[SnH2].[Sr+2]. The van der Waals surface area contributed by atoms with Gasteiger partial charge in [0, 0.05) is 17.1 Å². The van der Waals surface area contributed by atoms with Crippen LogP contribution in [0.4, 0.5) is 0 Å². The summed E-state index contributed by atoms with van der Waals surface area (Å²) in [5, 5.41) is 0. The van der Waals surface area contributed by atoms with Crippen LogP contribution in [0.15, 0.2) is 0 Å². The first-order chi connectivity index (χ1) is 0. The van der Waals surface area contributed by atoms with E-state index in [2.05, 4.69) is 0 Å². The number of hydrogen-bond acceptors (Lipinski definition) is 0. The molecule has 0 N–H and O–H groups in total. The monoisotopic (exact) mass is 391 g/mol. The molecule has 0 bridgehead atoms. The van der Waals surface area contributed by atoms with Crippen molar-refractivity contribution in [3.8, 4) is 0 Å². The molecule has 0 saturated carbocycles. The second-order valence-corrected chi connectivity index (χ2v) is 0. The standard InChI is InChI=1S/Cu.H2S.H2Se.Sn.Sr.4H/h;2*1H2;;;;;;/q;;;;+2;;;2*-1. The van der Waals surface area contributed by atoms with Crippen LogP contribution in [0.25, 0.3) is 0 Å². The molecule has 0 fully saturated rings. The summed E-state index contributed by atoms with van der Waals surface area (Å²) in [6.07, 6.45) is 0. The third-order valence-corrected chi connectivity index (χ3v) is 0. The molecule has 37 valence electrons. The van der Waals surface area contributed by atoms with Crippen LogP contribution in [0.1, 0.15) is 2.85 Å². The van der Waals surface area contributed by atoms with Crippen molar-refractivity contribution in [1.29, 1.82) is 0 Å². The van der Waals surface area contributed by atoms with Gasteiger partial charge in [0.2, 0.25) is 0 Å². The maximum atomic E-state index is 0. The van der Waals surface area contributed by atoms with Crippen LogP contribution in [0.2, 0.25) is 0 Å². The van der Waals surface area contributed by atoms with Crippen LogP contribution < -0.4 is 0 Å². The molecule has 0 aromatic carbocycles. The third kappa shape index (κ3) is 18.3. The van der Waals surface area contributed by atoms with Gasteiger partial charge in [0.05, 0.1) is 0 Å². The van der Waals surface area contributed by atoms with E-state index < -0.39 is 0 Å². The molecule has 0 rings (SSSR count). The molecule has 0 spiro atoms. The Morgan fingerprint density at radius 2 is 1.20 bits per heavy atom. The Morgan fingerprint density at radius 1 is 1.20 bits per heavy atom. The molecule has 0 heterocycles. The quantitative estimate of drug-likeness (QED) is 0.426. The van der Waals surface area contributed by atoms with E-state index in [0.717, 1.165) is 0 Å². The number of hydrogen-bond donors (Lipinski definition) is 0. The maximum absolute atomic E-state index is 0. The van der Waals surface area contributed by atoms with Gasteiger partial charge in [0.25, 0.3) is 0 Å². The molecule has 0 saturated heterocycles. The second-order valence-electron chi connectivity index (χ2n) is 0. The molecule has 0 unspecified atom stereocenters. The minimum Gasteiger partial charge on any atom is 2.00 e. The van der Waals surface area contributed by atoms with E-state index in [0.29, 0.717) is 0 Å². The van der Waals surface area contributed by atoms with Crippen LogP contribution in [0.3, 0.4) is 0 Å². The molecule has 0 aliphatic carbocycles. The molecule has 5 heavy (non-hydrogen) atoms. The second kappa shape index (κ2) is 25.3. The van der Waals surface area contributed by atoms with Gasteiger partial charge in [0.1, 0.15) is 0 Å². The Labute approximate surface area is 117 Å². The first kappa shape index (κ1) is 37.9. The van der Waals surface area contributed by atoms with Crippen LogP contribution in [-0.4, -0.2) is 86.5 Å². The number of rotatable bonds is 0. The van der Waals surface area contributed by atoms with E-state index in [4.69, 9.17) is 0 Å². The van der Waals surface area contributed by atoms with Crippen LogP contribution in [0, 0.1) is 0 Å². The zero-order chi connectivity index (χ0) is 0. The Balaban J connectivity index is 0. The van der Waals surface area contributed by atoms with Crippen molar-refractivity contribution >= 4 is 100.0 Å². The van der Waals surface area contributed by atoms with Crippen molar-refractivity contribution in [2.45, 2.75) is 0 Å². The average Bonchev–Trinajstić information content (AvgIpc) is 0.